The van der Waals surface area contributed by atoms with E-state index in [0.29, 0.717) is 5.91 Å². The predicted molar refractivity (Wildman–Crippen MR) is 85.2 cm³/mol. The summed E-state index contributed by atoms with van der Waals surface area (Å²) in [5, 5.41) is 3.39. The van der Waals surface area contributed by atoms with E-state index in [9.17, 15) is 4.79 Å². The third-order valence-electron chi connectivity index (χ3n) is 5.65. The Balaban J connectivity index is 1.41. The van der Waals surface area contributed by atoms with Crippen LogP contribution >= 0.6 is 0 Å². The minimum atomic E-state index is 0.398. The molecular weight excluding hydrogens is 262 g/mol. The average Bonchev–Trinajstić information content (AvgIpc) is 3.15. The Kier molecular flexibility index (Phi) is 5.53. The molecule has 1 aliphatic carbocycles. The molecule has 1 amide bonds. The smallest absolute Gasteiger partial charge is 0.222 e. The van der Waals surface area contributed by atoms with E-state index in [1.807, 2.05) is 0 Å². The van der Waals surface area contributed by atoms with Gasteiger partial charge in [0.25, 0.3) is 0 Å². The summed E-state index contributed by atoms with van der Waals surface area (Å²) in [4.78, 5) is 17.2. The predicted octanol–water partition coefficient (Wildman–Crippen LogP) is 1.85. The topological polar surface area (TPSA) is 35.6 Å². The molecule has 2 saturated heterocycles. The van der Waals surface area contributed by atoms with Crippen molar-refractivity contribution < 1.29 is 4.79 Å². The molecule has 2 aliphatic heterocycles. The van der Waals surface area contributed by atoms with Crippen LogP contribution < -0.4 is 5.32 Å². The molecule has 1 N–H and O–H groups in total. The molecule has 3 aliphatic rings. The Morgan fingerprint density at radius 3 is 2.62 bits per heavy atom. The summed E-state index contributed by atoms with van der Waals surface area (Å²) < 4.78 is 0. The van der Waals surface area contributed by atoms with E-state index < -0.39 is 0 Å². The Morgan fingerprint density at radius 1 is 1.00 bits per heavy atom. The molecule has 2 heterocycles. The Labute approximate surface area is 129 Å². The van der Waals surface area contributed by atoms with Crippen LogP contribution in [0, 0.1) is 5.92 Å². The van der Waals surface area contributed by atoms with E-state index in [2.05, 4.69) is 15.1 Å². The average molecular weight is 293 g/mol. The highest BCUT2D eigenvalue weighted by Gasteiger charge is 2.26. The van der Waals surface area contributed by atoms with Gasteiger partial charge in [0.2, 0.25) is 5.91 Å². The molecule has 0 aromatic heterocycles. The maximum absolute atomic E-state index is 12.4. The minimum Gasteiger partial charge on any atom is -0.341 e. The lowest BCUT2D eigenvalue weighted by molar-refractivity contribution is -0.131. The number of nitrogens with zero attached hydrogens (tertiary/aromatic N) is 2. The Hall–Kier alpha value is -0.610. The van der Waals surface area contributed by atoms with Crippen molar-refractivity contribution >= 4 is 5.91 Å². The van der Waals surface area contributed by atoms with E-state index in [0.717, 1.165) is 63.9 Å². The summed E-state index contributed by atoms with van der Waals surface area (Å²) in [5.41, 5.74) is 0. The summed E-state index contributed by atoms with van der Waals surface area (Å²) >= 11 is 0. The van der Waals surface area contributed by atoms with Gasteiger partial charge in [0.05, 0.1) is 0 Å². The van der Waals surface area contributed by atoms with Crippen molar-refractivity contribution in [1.82, 2.24) is 15.1 Å². The fourth-order valence-electron chi connectivity index (χ4n) is 4.27. The molecule has 0 aromatic rings. The molecule has 4 heteroatoms. The first-order chi connectivity index (χ1) is 10.3. The number of rotatable bonds is 4. The van der Waals surface area contributed by atoms with E-state index in [1.165, 1.54) is 38.6 Å². The molecule has 0 radical (unpaired) electrons. The van der Waals surface area contributed by atoms with Crippen molar-refractivity contribution in [1.29, 1.82) is 0 Å². The molecule has 1 atom stereocenters. The second-order valence-electron chi connectivity index (χ2n) is 7.11. The number of hydrogen-bond donors (Lipinski definition) is 1. The number of nitrogens with one attached hydrogen (secondary N) is 1. The van der Waals surface area contributed by atoms with Crippen molar-refractivity contribution in [3.63, 3.8) is 0 Å². The van der Waals surface area contributed by atoms with E-state index in [1.54, 1.807) is 0 Å². The quantitative estimate of drug-likeness (QED) is 0.859. The van der Waals surface area contributed by atoms with Gasteiger partial charge in [-0.3, -0.25) is 9.69 Å². The lowest BCUT2D eigenvalue weighted by Crippen LogP contribution is -2.38. The van der Waals surface area contributed by atoms with Crippen molar-refractivity contribution in [2.24, 2.45) is 5.92 Å². The number of amides is 1. The highest BCUT2D eigenvalue weighted by atomic mass is 16.2. The third-order valence-corrected chi connectivity index (χ3v) is 5.65. The molecule has 4 nitrogen and oxygen atoms in total. The summed E-state index contributed by atoms with van der Waals surface area (Å²) in [5.74, 6) is 1.13. The fourth-order valence-corrected chi connectivity index (χ4v) is 4.27. The van der Waals surface area contributed by atoms with E-state index in [-0.39, 0.29) is 0 Å². The zero-order chi connectivity index (χ0) is 14.5. The molecule has 1 unspecified atom stereocenters. The maximum atomic E-state index is 12.4. The number of carbonyl (C=O) groups excluding carboxylic acids is 1. The van der Waals surface area contributed by atoms with Gasteiger partial charge >= 0.3 is 0 Å². The second-order valence-corrected chi connectivity index (χ2v) is 7.11. The second kappa shape index (κ2) is 7.59. The Bertz CT molecular complexity index is 335. The van der Waals surface area contributed by atoms with Crippen molar-refractivity contribution in [3.05, 3.63) is 0 Å². The SMILES string of the molecule is O=C(CCC1CCNC1)N1CCCN(C2CCCC2)CC1. The largest absolute Gasteiger partial charge is 0.341 e. The molecular formula is C17H31N3O. The Morgan fingerprint density at radius 2 is 1.86 bits per heavy atom. The van der Waals surface area contributed by atoms with Crippen LogP contribution in [0.5, 0.6) is 0 Å². The lowest BCUT2D eigenvalue weighted by Gasteiger charge is -2.27. The van der Waals surface area contributed by atoms with Crippen LogP contribution in [0.4, 0.5) is 0 Å². The van der Waals surface area contributed by atoms with Gasteiger partial charge in [-0.1, -0.05) is 12.8 Å². The molecule has 0 spiro atoms. The summed E-state index contributed by atoms with van der Waals surface area (Å²) in [6, 6.07) is 0.810. The summed E-state index contributed by atoms with van der Waals surface area (Å²) in [6.45, 7) is 6.48. The van der Waals surface area contributed by atoms with Gasteiger partial charge < -0.3 is 10.2 Å². The molecule has 21 heavy (non-hydrogen) atoms. The molecule has 0 aromatic carbocycles. The van der Waals surface area contributed by atoms with Crippen LogP contribution in [0.25, 0.3) is 0 Å². The van der Waals surface area contributed by atoms with Gasteiger partial charge in [-0.2, -0.15) is 0 Å². The van der Waals surface area contributed by atoms with Crippen molar-refractivity contribution in [3.8, 4) is 0 Å². The van der Waals surface area contributed by atoms with Crippen LogP contribution in [0.3, 0.4) is 0 Å². The standard InChI is InChI=1S/C17H31N3O/c21-17(7-6-15-8-9-18-14-15)20-11-3-10-19(12-13-20)16-4-1-2-5-16/h15-16,18H,1-14H2. The van der Waals surface area contributed by atoms with Gasteiger partial charge in [0.1, 0.15) is 0 Å². The lowest BCUT2D eigenvalue weighted by atomic mass is 10.0. The first-order valence-electron chi connectivity index (χ1n) is 9.05. The molecule has 1 saturated carbocycles. The van der Waals surface area contributed by atoms with Gasteiger partial charge in [-0.15, -0.1) is 0 Å². The molecule has 0 bridgehead atoms. The number of hydrogen-bond acceptors (Lipinski definition) is 3. The summed E-state index contributed by atoms with van der Waals surface area (Å²) in [6.07, 6.45) is 9.81. The van der Waals surface area contributed by atoms with Gasteiger partial charge in [0, 0.05) is 38.6 Å². The molecule has 120 valence electrons. The summed E-state index contributed by atoms with van der Waals surface area (Å²) in [7, 11) is 0. The first kappa shape index (κ1) is 15.3. The molecule has 3 rings (SSSR count). The third kappa shape index (κ3) is 4.19. The number of carbonyl (C=O) groups is 1. The monoisotopic (exact) mass is 293 g/mol. The van der Waals surface area contributed by atoms with Crippen LogP contribution in [0.15, 0.2) is 0 Å². The van der Waals surface area contributed by atoms with Crippen LogP contribution in [-0.4, -0.2) is 61.0 Å². The molecule has 3 fully saturated rings. The highest BCUT2D eigenvalue weighted by molar-refractivity contribution is 5.76. The zero-order valence-electron chi connectivity index (χ0n) is 13.4. The van der Waals surface area contributed by atoms with Crippen LogP contribution in [-0.2, 0) is 4.79 Å². The zero-order valence-corrected chi connectivity index (χ0v) is 13.4. The van der Waals surface area contributed by atoms with Gasteiger partial charge in [-0.05, 0) is 51.1 Å². The van der Waals surface area contributed by atoms with Crippen LogP contribution in [0.1, 0.15) is 51.4 Å². The van der Waals surface area contributed by atoms with Crippen LogP contribution in [0.2, 0.25) is 0 Å². The normalized spacial score (nSPS) is 29.0. The van der Waals surface area contributed by atoms with E-state index >= 15 is 0 Å². The van der Waals surface area contributed by atoms with Gasteiger partial charge in [0.15, 0.2) is 0 Å². The first-order valence-corrected chi connectivity index (χ1v) is 9.05. The minimum absolute atomic E-state index is 0.398. The maximum Gasteiger partial charge on any atom is 0.222 e. The van der Waals surface area contributed by atoms with E-state index in [4.69, 9.17) is 0 Å². The van der Waals surface area contributed by atoms with Crippen molar-refractivity contribution in [2.45, 2.75) is 57.4 Å². The highest BCUT2D eigenvalue weighted by Crippen LogP contribution is 2.24. The van der Waals surface area contributed by atoms with Crippen molar-refractivity contribution in [2.75, 3.05) is 39.3 Å². The van der Waals surface area contributed by atoms with Gasteiger partial charge in [-0.25, -0.2) is 0 Å². The fraction of sp³-hybridized carbons (Fsp3) is 0.941.